The first kappa shape index (κ1) is 23.1. The van der Waals surface area contributed by atoms with Crippen molar-refractivity contribution in [2.45, 2.75) is 50.4 Å². The molecule has 1 aromatic rings. The van der Waals surface area contributed by atoms with Crippen LogP contribution in [0.25, 0.3) is 0 Å². The van der Waals surface area contributed by atoms with E-state index in [4.69, 9.17) is 0 Å². The van der Waals surface area contributed by atoms with E-state index in [0.29, 0.717) is 35.1 Å². The van der Waals surface area contributed by atoms with Gasteiger partial charge in [0.05, 0.1) is 11.5 Å². The van der Waals surface area contributed by atoms with Crippen LogP contribution in [-0.4, -0.2) is 42.1 Å². The zero-order valence-electron chi connectivity index (χ0n) is 15.5. The lowest BCUT2D eigenvalue weighted by Crippen LogP contribution is -2.51. The number of nitrogens with one attached hydrogen (secondary N) is 2. The Balaban J connectivity index is 2.02. The Morgan fingerprint density at radius 3 is 2.64 bits per heavy atom. The summed E-state index contributed by atoms with van der Waals surface area (Å²) in [5, 5.41) is 5.45. The summed E-state index contributed by atoms with van der Waals surface area (Å²) in [6, 6.07) is 5.54. The minimum atomic E-state index is -4.24. The predicted octanol–water partition coefficient (Wildman–Crippen LogP) is 4.54. The number of hydrogen-bond acceptors (Lipinski definition) is 3. The average Bonchev–Trinajstić information content (AvgIpc) is 2.64. The number of thioether (sulfide) groups is 1. The fourth-order valence-corrected chi connectivity index (χ4v) is 4.24. The summed E-state index contributed by atoms with van der Waals surface area (Å²) < 4.78 is 39.6. The highest BCUT2D eigenvalue weighted by Crippen LogP contribution is 2.37. The van der Waals surface area contributed by atoms with Gasteiger partial charge in [-0.15, -0.1) is 0 Å². The molecule has 28 heavy (non-hydrogen) atoms. The zero-order chi connectivity index (χ0) is 20.7. The topological polar surface area (TPSA) is 58.2 Å². The lowest BCUT2D eigenvalue weighted by molar-refractivity contribution is -0.184. The van der Waals surface area contributed by atoms with Gasteiger partial charge in [-0.1, -0.05) is 18.6 Å². The van der Waals surface area contributed by atoms with E-state index < -0.39 is 36.0 Å². The first-order chi connectivity index (χ1) is 13.2. The summed E-state index contributed by atoms with van der Waals surface area (Å²) >= 11 is 4.84. The highest BCUT2D eigenvalue weighted by molar-refractivity contribution is 9.10. The number of carbonyl (C=O) groups excluding carboxylic acids is 2. The number of hydrogen-bond donors (Lipinski definition) is 2. The van der Waals surface area contributed by atoms with Crippen molar-refractivity contribution < 1.29 is 22.8 Å². The number of amides is 2. The Kier molecular flexibility index (Phi) is 8.67. The Bertz CT molecular complexity index is 687. The minimum Gasteiger partial charge on any atom is -0.352 e. The maximum Gasteiger partial charge on any atom is 0.391 e. The van der Waals surface area contributed by atoms with Crippen LogP contribution in [-0.2, 0) is 4.79 Å². The normalized spacial score (nSPS) is 21.0. The summed E-state index contributed by atoms with van der Waals surface area (Å²) in [7, 11) is 0. The van der Waals surface area contributed by atoms with Crippen LogP contribution >= 0.6 is 27.7 Å². The maximum atomic E-state index is 13.0. The lowest BCUT2D eigenvalue weighted by Gasteiger charge is -2.32. The van der Waals surface area contributed by atoms with Crippen molar-refractivity contribution in [1.29, 1.82) is 0 Å². The minimum absolute atomic E-state index is 0.102. The molecule has 0 spiro atoms. The van der Waals surface area contributed by atoms with Crippen molar-refractivity contribution in [2.75, 3.05) is 12.0 Å². The molecule has 1 aliphatic carbocycles. The maximum absolute atomic E-state index is 13.0. The fourth-order valence-electron chi connectivity index (χ4n) is 3.31. The molecule has 1 aliphatic rings. The monoisotopic (exact) mass is 480 g/mol. The van der Waals surface area contributed by atoms with E-state index >= 15 is 0 Å². The van der Waals surface area contributed by atoms with Gasteiger partial charge < -0.3 is 10.6 Å². The van der Waals surface area contributed by atoms with Gasteiger partial charge in [0.15, 0.2) is 0 Å². The molecular formula is C19H24BrF3N2O2S. The molecule has 1 aromatic carbocycles. The van der Waals surface area contributed by atoms with E-state index in [1.807, 2.05) is 6.26 Å². The van der Waals surface area contributed by atoms with Gasteiger partial charge in [-0.25, -0.2) is 0 Å². The molecule has 2 amide bonds. The van der Waals surface area contributed by atoms with Gasteiger partial charge >= 0.3 is 6.18 Å². The van der Waals surface area contributed by atoms with Gasteiger partial charge in [-0.3, -0.25) is 9.59 Å². The van der Waals surface area contributed by atoms with Crippen LogP contribution in [0, 0.1) is 5.92 Å². The molecule has 2 N–H and O–H groups in total. The molecule has 1 saturated carbocycles. The van der Waals surface area contributed by atoms with Crippen molar-refractivity contribution in [3.8, 4) is 0 Å². The highest BCUT2D eigenvalue weighted by Gasteiger charge is 2.42. The third-order valence-electron chi connectivity index (χ3n) is 4.83. The number of rotatable bonds is 7. The van der Waals surface area contributed by atoms with E-state index in [1.165, 1.54) is 11.8 Å². The van der Waals surface area contributed by atoms with Gasteiger partial charge in [0, 0.05) is 10.5 Å². The van der Waals surface area contributed by atoms with Gasteiger partial charge in [-0.2, -0.15) is 24.9 Å². The molecule has 4 nitrogen and oxygen atoms in total. The largest absolute Gasteiger partial charge is 0.391 e. The van der Waals surface area contributed by atoms with Gasteiger partial charge in [-0.05, 0) is 65.8 Å². The number of benzene rings is 1. The van der Waals surface area contributed by atoms with Crippen molar-refractivity contribution >= 4 is 39.5 Å². The molecule has 3 unspecified atom stereocenters. The molecule has 156 valence electrons. The van der Waals surface area contributed by atoms with Crippen LogP contribution in [0.15, 0.2) is 28.7 Å². The molecule has 3 atom stereocenters. The van der Waals surface area contributed by atoms with Crippen molar-refractivity contribution in [3.63, 3.8) is 0 Å². The summed E-state index contributed by atoms with van der Waals surface area (Å²) in [6.07, 6.45) is -1.01. The van der Waals surface area contributed by atoms with E-state index in [0.717, 1.165) is 0 Å². The first-order valence-corrected chi connectivity index (χ1v) is 11.3. The zero-order valence-corrected chi connectivity index (χ0v) is 17.9. The molecule has 0 aliphatic heterocycles. The smallest absolute Gasteiger partial charge is 0.352 e. The number of carbonyl (C=O) groups is 2. The lowest BCUT2D eigenvalue weighted by atomic mass is 9.85. The molecule has 9 heteroatoms. The first-order valence-electron chi connectivity index (χ1n) is 9.13. The average molecular weight is 481 g/mol. The van der Waals surface area contributed by atoms with E-state index in [2.05, 4.69) is 26.6 Å². The van der Waals surface area contributed by atoms with Crippen molar-refractivity contribution in [1.82, 2.24) is 10.6 Å². The second-order valence-electron chi connectivity index (χ2n) is 6.90. The molecule has 0 radical (unpaired) electrons. The Morgan fingerprint density at radius 2 is 2.00 bits per heavy atom. The molecule has 0 heterocycles. The molecule has 0 aromatic heterocycles. The van der Waals surface area contributed by atoms with E-state index in [1.54, 1.807) is 24.3 Å². The number of alkyl halides is 3. The third-order valence-corrected chi connectivity index (χ3v) is 6.17. The molecule has 0 saturated heterocycles. The summed E-state index contributed by atoms with van der Waals surface area (Å²) in [6.45, 7) is 0. The summed E-state index contributed by atoms with van der Waals surface area (Å²) in [5.41, 5.74) is 0.402. The Hall–Kier alpha value is -1.22. The summed E-state index contributed by atoms with van der Waals surface area (Å²) in [4.78, 5) is 25.2. The van der Waals surface area contributed by atoms with Crippen LogP contribution in [0.1, 0.15) is 42.5 Å². The van der Waals surface area contributed by atoms with Crippen molar-refractivity contribution in [2.24, 2.45) is 5.92 Å². The van der Waals surface area contributed by atoms with Crippen LogP contribution < -0.4 is 10.6 Å². The van der Waals surface area contributed by atoms with Crippen LogP contribution in [0.3, 0.4) is 0 Å². The van der Waals surface area contributed by atoms with Crippen LogP contribution in [0.2, 0.25) is 0 Å². The van der Waals surface area contributed by atoms with Gasteiger partial charge in [0.2, 0.25) is 5.91 Å². The SMILES string of the molecule is CSCCC(NC(=O)c1ccccc1Br)C(=O)NC1CCCC(C(F)(F)F)C1. The van der Waals surface area contributed by atoms with Crippen molar-refractivity contribution in [3.05, 3.63) is 34.3 Å². The Labute approximate surface area is 175 Å². The number of halogens is 4. The standard InChI is InChI=1S/C19H24BrF3N2O2S/c1-28-10-9-16(25-17(26)14-7-2-3-8-15(14)20)18(27)24-13-6-4-5-12(11-13)19(21,22)23/h2-3,7-8,12-13,16H,4-6,9-11H2,1H3,(H,24,27)(H,25,26). The van der Waals surface area contributed by atoms with Gasteiger partial charge in [0.1, 0.15) is 6.04 Å². The Morgan fingerprint density at radius 1 is 1.29 bits per heavy atom. The predicted molar refractivity (Wildman–Crippen MR) is 108 cm³/mol. The third kappa shape index (κ3) is 6.69. The second kappa shape index (κ2) is 10.5. The van der Waals surface area contributed by atoms with Crippen LogP contribution in [0.4, 0.5) is 13.2 Å². The van der Waals surface area contributed by atoms with Crippen LogP contribution in [0.5, 0.6) is 0 Å². The highest BCUT2D eigenvalue weighted by atomic mass is 79.9. The fraction of sp³-hybridized carbons (Fsp3) is 0.579. The van der Waals surface area contributed by atoms with E-state index in [-0.39, 0.29) is 12.8 Å². The molecule has 2 rings (SSSR count). The van der Waals surface area contributed by atoms with E-state index in [9.17, 15) is 22.8 Å². The summed E-state index contributed by atoms with van der Waals surface area (Å²) in [5.74, 6) is -1.57. The quantitative estimate of drug-likeness (QED) is 0.602. The second-order valence-corrected chi connectivity index (χ2v) is 8.74. The molecular weight excluding hydrogens is 457 g/mol. The molecule has 0 bridgehead atoms. The molecule has 1 fully saturated rings. The van der Waals surface area contributed by atoms with Gasteiger partial charge in [0.25, 0.3) is 5.91 Å².